The van der Waals surface area contributed by atoms with Gasteiger partial charge in [0.1, 0.15) is 5.69 Å². The Kier molecular flexibility index (Phi) is 3.81. The third kappa shape index (κ3) is 3.20. The number of nitrogens with two attached hydrogens (primary N) is 1. The van der Waals surface area contributed by atoms with Crippen molar-refractivity contribution in [1.29, 1.82) is 0 Å². The molecule has 18 heavy (non-hydrogen) atoms. The molecule has 0 spiro atoms. The van der Waals surface area contributed by atoms with E-state index in [0.29, 0.717) is 30.0 Å². The van der Waals surface area contributed by atoms with E-state index in [1.165, 1.54) is 12.8 Å². The van der Waals surface area contributed by atoms with Crippen LogP contribution < -0.4 is 11.1 Å². The van der Waals surface area contributed by atoms with Gasteiger partial charge in [0.05, 0.1) is 0 Å². The normalized spacial score (nSPS) is 16.6. The van der Waals surface area contributed by atoms with Gasteiger partial charge in [-0.25, -0.2) is 0 Å². The highest BCUT2D eigenvalue weighted by molar-refractivity contribution is 5.92. The summed E-state index contributed by atoms with van der Waals surface area (Å²) in [4.78, 5) is 18.2. The number of carbonyl (C=O) groups is 1. The van der Waals surface area contributed by atoms with Crippen LogP contribution in [0.25, 0.3) is 0 Å². The van der Waals surface area contributed by atoms with Crippen LogP contribution >= 0.6 is 0 Å². The lowest BCUT2D eigenvalue weighted by atomic mass is 10.2. The van der Waals surface area contributed by atoms with Crippen molar-refractivity contribution < 1.29 is 4.79 Å². The Bertz CT molecular complexity index is 431. The average molecular weight is 248 g/mol. The van der Waals surface area contributed by atoms with E-state index in [2.05, 4.69) is 29.2 Å². The number of anilines is 1. The molecule has 1 saturated carbocycles. The van der Waals surface area contributed by atoms with Crippen molar-refractivity contribution in [3.8, 4) is 0 Å². The molecule has 1 amide bonds. The van der Waals surface area contributed by atoms with E-state index in [9.17, 15) is 4.79 Å². The predicted octanol–water partition coefficient (Wildman–Crippen LogP) is 0.876. The molecule has 0 radical (unpaired) electrons. The van der Waals surface area contributed by atoms with E-state index in [0.717, 1.165) is 0 Å². The second-order valence-electron chi connectivity index (χ2n) is 4.93. The second-order valence-corrected chi connectivity index (χ2v) is 4.93. The van der Waals surface area contributed by atoms with Gasteiger partial charge in [-0.05, 0) is 38.9 Å². The largest absolute Gasteiger partial charge is 0.399 e. The molecular weight excluding hydrogens is 228 g/mol. The maximum atomic E-state index is 11.9. The van der Waals surface area contributed by atoms with Gasteiger partial charge in [-0.2, -0.15) is 0 Å². The number of carbonyl (C=O) groups excluding carboxylic acids is 1. The minimum absolute atomic E-state index is 0.168. The fourth-order valence-corrected chi connectivity index (χ4v) is 1.89. The number of amides is 1. The first kappa shape index (κ1) is 12.8. The maximum absolute atomic E-state index is 11.9. The van der Waals surface area contributed by atoms with Gasteiger partial charge >= 0.3 is 0 Å². The molecule has 0 aromatic carbocycles. The summed E-state index contributed by atoms with van der Waals surface area (Å²) >= 11 is 0. The van der Waals surface area contributed by atoms with Crippen molar-refractivity contribution in [2.24, 2.45) is 0 Å². The summed E-state index contributed by atoms with van der Waals surface area (Å²) in [5.74, 6) is -0.168. The molecule has 1 aliphatic rings. The van der Waals surface area contributed by atoms with Gasteiger partial charge < -0.3 is 11.1 Å². The lowest BCUT2D eigenvalue weighted by Gasteiger charge is -2.24. The molecule has 1 aromatic heterocycles. The molecule has 98 valence electrons. The molecule has 1 aromatic rings. The summed E-state index contributed by atoms with van der Waals surface area (Å²) in [6.07, 6.45) is 4.08. The number of pyridine rings is 1. The number of hydrogen-bond acceptors (Lipinski definition) is 4. The Morgan fingerprint density at radius 3 is 3.00 bits per heavy atom. The Hall–Kier alpha value is -1.62. The number of rotatable bonds is 5. The number of likely N-dealkylation sites (N-methyl/N-ethyl adjacent to an activating group) is 1. The molecule has 1 heterocycles. The number of nitrogens with one attached hydrogen (secondary N) is 1. The van der Waals surface area contributed by atoms with Crippen LogP contribution in [0.4, 0.5) is 5.69 Å². The molecule has 1 aliphatic carbocycles. The van der Waals surface area contributed by atoms with Crippen molar-refractivity contribution in [2.45, 2.75) is 31.8 Å². The highest BCUT2D eigenvalue weighted by atomic mass is 16.1. The maximum Gasteiger partial charge on any atom is 0.270 e. The Labute approximate surface area is 107 Å². The fraction of sp³-hybridized carbons (Fsp3) is 0.538. The zero-order valence-electron chi connectivity index (χ0n) is 10.9. The van der Waals surface area contributed by atoms with Crippen LogP contribution in [-0.4, -0.2) is 41.5 Å². The SMILES string of the molecule is CC(CNC(=O)c1cc(N)ccn1)N(C)C1CC1. The van der Waals surface area contributed by atoms with Gasteiger partial charge in [-0.15, -0.1) is 0 Å². The summed E-state index contributed by atoms with van der Waals surface area (Å²) < 4.78 is 0. The highest BCUT2D eigenvalue weighted by Crippen LogP contribution is 2.26. The summed E-state index contributed by atoms with van der Waals surface area (Å²) in [5.41, 5.74) is 6.55. The van der Waals surface area contributed by atoms with Crippen molar-refractivity contribution in [1.82, 2.24) is 15.2 Å². The lowest BCUT2D eigenvalue weighted by molar-refractivity contribution is 0.0934. The smallest absolute Gasteiger partial charge is 0.270 e. The third-order valence-corrected chi connectivity index (χ3v) is 3.39. The number of aromatic nitrogens is 1. The van der Waals surface area contributed by atoms with Crippen LogP contribution in [0.5, 0.6) is 0 Å². The molecule has 1 atom stereocenters. The van der Waals surface area contributed by atoms with E-state index < -0.39 is 0 Å². The third-order valence-electron chi connectivity index (χ3n) is 3.39. The van der Waals surface area contributed by atoms with Crippen LogP contribution in [0.1, 0.15) is 30.3 Å². The standard InChI is InChI=1S/C13H20N4O/c1-9(17(2)11-3-4-11)8-16-13(18)12-7-10(14)5-6-15-12/h5-7,9,11H,3-4,8H2,1-2H3,(H2,14,15)(H,16,18). The quantitative estimate of drug-likeness (QED) is 0.811. The highest BCUT2D eigenvalue weighted by Gasteiger charge is 2.29. The summed E-state index contributed by atoms with van der Waals surface area (Å²) in [6, 6.07) is 4.29. The van der Waals surface area contributed by atoms with Crippen LogP contribution in [0.3, 0.4) is 0 Å². The Morgan fingerprint density at radius 2 is 2.39 bits per heavy atom. The van der Waals surface area contributed by atoms with Gasteiger partial charge in [-0.1, -0.05) is 0 Å². The number of nitrogens with zero attached hydrogens (tertiary/aromatic N) is 2. The fourth-order valence-electron chi connectivity index (χ4n) is 1.89. The van der Waals surface area contributed by atoms with Crippen LogP contribution in [0.15, 0.2) is 18.3 Å². The van der Waals surface area contributed by atoms with E-state index >= 15 is 0 Å². The zero-order chi connectivity index (χ0) is 13.1. The van der Waals surface area contributed by atoms with E-state index in [1.54, 1.807) is 18.3 Å². The minimum Gasteiger partial charge on any atom is -0.399 e. The molecule has 1 unspecified atom stereocenters. The minimum atomic E-state index is -0.168. The number of hydrogen-bond donors (Lipinski definition) is 2. The molecule has 5 heteroatoms. The van der Waals surface area contributed by atoms with E-state index in [-0.39, 0.29) is 5.91 Å². The summed E-state index contributed by atoms with van der Waals surface area (Å²) in [7, 11) is 2.10. The molecule has 5 nitrogen and oxygen atoms in total. The average Bonchev–Trinajstić information content (AvgIpc) is 3.18. The Morgan fingerprint density at radius 1 is 1.67 bits per heavy atom. The van der Waals surface area contributed by atoms with Gasteiger partial charge in [-0.3, -0.25) is 14.7 Å². The predicted molar refractivity (Wildman–Crippen MR) is 71.2 cm³/mol. The van der Waals surface area contributed by atoms with Crippen molar-refractivity contribution >= 4 is 11.6 Å². The number of nitrogen functional groups attached to an aromatic ring is 1. The van der Waals surface area contributed by atoms with Gasteiger partial charge in [0.15, 0.2) is 0 Å². The monoisotopic (exact) mass is 248 g/mol. The Balaban J connectivity index is 1.84. The first-order chi connectivity index (χ1) is 8.58. The zero-order valence-corrected chi connectivity index (χ0v) is 10.9. The first-order valence-electron chi connectivity index (χ1n) is 6.29. The van der Waals surface area contributed by atoms with E-state index in [1.807, 2.05) is 0 Å². The van der Waals surface area contributed by atoms with Crippen LogP contribution in [0.2, 0.25) is 0 Å². The molecule has 1 fully saturated rings. The molecule has 0 saturated heterocycles. The van der Waals surface area contributed by atoms with Crippen molar-refractivity contribution in [3.05, 3.63) is 24.0 Å². The van der Waals surface area contributed by atoms with Gasteiger partial charge in [0.25, 0.3) is 5.91 Å². The molecular formula is C13H20N4O. The van der Waals surface area contributed by atoms with Crippen molar-refractivity contribution in [3.63, 3.8) is 0 Å². The van der Waals surface area contributed by atoms with Crippen LogP contribution in [0, 0.1) is 0 Å². The van der Waals surface area contributed by atoms with Gasteiger partial charge in [0.2, 0.25) is 0 Å². The lowest BCUT2D eigenvalue weighted by Crippen LogP contribution is -2.41. The van der Waals surface area contributed by atoms with E-state index in [4.69, 9.17) is 5.73 Å². The second kappa shape index (κ2) is 5.35. The molecule has 0 aliphatic heterocycles. The summed E-state index contributed by atoms with van der Waals surface area (Å²) in [5, 5.41) is 2.89. The molecule has 3 N–H and O–H groups in total. The summed E-state index contributed by atoms with van der Waals surface area (Å²) in [6.45, 7) is 2.74. The van der Waals surface area contributed by atoms with Crippen LogP contribution in [-0.2, 0) is 0 Å². The molecule has 0 bridgehead atoms. The van der Waals surface area contributed by atoms with Crippen molar-refractivity contribution in [2.75, 3.05) is 19.3 Å². The first-order valence-corrected chi connectivity index (χ1v) is 6.29. The molecule has 2 rings (SSSR count). The topological polar surface area (TPSA) is 71.2 Å². The van der Waals surface area contributed by atoms with Gasteiger partial charge in [0, 0.05) is 30.5 Å².